The van der Waals surface area contributed by atoms with Gasteiger partial charge in [0.05, 0.1) is 0 Å². The second-order valence-corrected chi connectivity index (χ2v) is 4.10. The molecule has 0 fully saturated rings. The first-order valence-corrected chi connectivity index (χ1v) is 5.46. The van der Waals surface area contributed by atoms with E-state index in [1.165, 1.54) is 6.07 Å². The Balaban J connectivity index is 2.07. The summed E-state index contributed by atoms with van der Waals surface area (Å²) in [5.74, 6) is 0.0277. The minimum absolute atomic E-state index is 0.267. The predicted molar refractivity (Wildman–Crippen MR) is 71.7 cm³/mol. The van der Waals surface area contributed by atoms with Gasteiger partial charge in [-0.3, -0.25) is 9.89 Å². The lowest BCUT2D eigenvalue weighted by atomic mass is 10.2. The standard InChI is InChI=1S/C12H15N5O/c1-17(2)9-5-3-8(4-6-9)14-12(18)10-7-11(13)16-15-10/h3-7H,1-2H3,(H,14,18)(H3,13,15,16). The van der Waals surface area contributed by atoms with E-state index in [1.54, 1.807) is 0 Å². The van der Waals surface area contributed by atoms with Crippen molar-refractivity contribution >= 4 is 23.1 Å². The van der Waals surface area contributed by atoms with Gasteiger partial charge < -0.3 is 16.0 Å². The smallest absolute Gasteiger partial charge is 0.273 e. The largest absolute Gasteiger partial charge is 0.382 e. The van der Waals surface area contributed by atoms with Crippen LogP contribution in [0.5, 0.6) is 0 Å². The number of amides is 1. The highest BCUT2D eigenvalue weighted by Gasteiger charge is 2.08. The Morgan fingerprint density at radius 3 is 2.50 bits per heavy atom. The van der Waals surface area contributed by atoms with Crippen LogP contribution in [0.1, 0.15) is 10.5 Å². The SMILES string of the molecule is CN(C)c1ccc(NC(=O)c2cc(N)n[nH]2)cc1. The maximum atomic E-state index is 11.8. The van der Waals surface area contributed by atoms with Crippen LogP contribution in [0.3, 0.4) is 0 Å². The van der Waals surface area contributed by atoms with Crippen LogP contribution in [0.25, 0.3) is 0 Å². The van der Waals surface area contributed by atoms with E-state index in [9.17, 15) is 4.79 Å². The third kappa shape index (κ3) is 2.60. The Morgan fingerprint density at radius 2 is 2.00 bits per heavy atom. The van der Waals surface area contributed by atoms with Gasteiger partial charge in [0, 0.05) is 31.5 Å². The molecule has 0 aliphatic rings. The lowest BCUT2D eigenvalue weighted by molar-refractivity contribution is 0.102. The Hall–Kier alpha value is -2.50. The molecule has 94 valence electrons. The molecule has 2 aromatic rings. The van der Waals surface area contributed by atoms with Crippen molar-refractivity contribution < 1.29 is 4.79 Å². The third-order valence-corrected chi connectivity index (χ3v) is 2.48. The zero-order chi connectivity index (χ0) is 13.1. The van der Waals surface area contributed by atoms with Gasteiger partial charge in [0.15, 0.2) is 0 Å². The molecule has 6 nitrogen and oxygen atoms in total. The van der Waals surface area contributed by atoms with E-state index in [0.717, 1.165) is 11.4 Å². The van der Waals surface area contributed by atoms with Gasteiger partial charge in [-0.15, -0.1) is 0 Å². The van der Waals surface area contributed by atoms with Crippen LogP contribution in [-0.2, 0) is 0 Å². The number of hydrogen-bond acceptors (Lipinski definition) is 4. The summed E-state index contributed by atoms with van der Waals surface area (Å²) < 4.78 is 0. The molecule has 0 unspecified atom stereocenters. The molecule has 6 heteroatoms. The number of carbonyl (C=O) groups is 1. The molecule has 1 amide bonds. The lowest BCUT2D eigenvalue weighted by Gasteiger charge is -2.12. The number of hydrogen-bond donors (Lipinski definition) is 3. The molecular formula is C12H15N5O. The quantitative estimate of drug-likeness (QED) is 0.761. The second kappa shape index (κ2) is 4.79. The number of carbonyl (C=O) groups excluding carboxylic acids is 1. The first kappa shape index (κ1) is 12.0. The van der Waals surface area contributed by atoms with Gasteiger partial charge in [-0.05, 0) is 24.3 Å². The van der Waals surface area contributed by atoms with Crippen LogP contribution in [0.2, 0.25) is 0 Å². The van der Waals surface area contributed by atoms with Crippen LogP contribution in [0.4, 0.5) is 17.2 Å². The molecule has 0 aliphatic carbocycles. The summed E-state index contributed by atoms with van der Waals surface area (Å²) in [5.41, 5.74) is 7.56. The van der Waals surface area contributed by atoms with Gasteiger partial charge in [0.25, 0.3) is 5.91 Å². The number of anilines is 3. The van der Waals surface area contributed by atoms with Crippen molar-refractivity contribution in [3.63, 3.8) is 0 Å². The topological polar surface area (TPSA) is 87.0 Å². The van der Waals surface area contributed by atoms with E-state index in [1.807, 2.05) is 43.3 Å². The highest BCUT2D eigenvalue weighted by Crippen LogP contribution is 2.16. The molecule has 0 saturated heterocycles. The van der Waals surface area contributed by atoms with Crippen molar-refractivity contribution in [2.45, 2.75) is 0 Å². The number of aromatic nitrogens is 2. The van der Waals surface area contributed by atoms with Crippen molar-refractivity contribution in [1.29, 1.82) is 0 Å². The van der Waals surface area contributed by atoms with Crippen molar-refractivity contribution in [1.82, 2.24) is 10.2 Å². The van der Waals surface area contributed by atoms with Crippen LogP contribution in [0.15, 0.2) is 30.3 Å². The Bertz CT molecular complexity index is 544. The summed E-state index contributed by atoms with van der Waals surface area (Å²) in [6, 6.07) is 9.03. The normalized spacial score (nSPS) is 10.1. The molecule has 1 heterocycles. The minimum atomic E-state index is -0.267. The monoisotopic (exact) mass is 245 g/mol. The van der Waals surface area contributed by atoms with Crippen molar-refractivity contribution in [3.8, 4) is 0 Å². The van der Waals surface area contributed by atoms with Crippen LogP contribution in [0, 0.1) is 0 Å². The summed E-state index contributed by atoms with van der Waals surface area (Å²) >= 11 is 0. The van der Waals surface area contributed by atoms with Crippen molar-refractivity contribution in [2.75, 3.05) is 30.0 Å². The van der Waals surface area contributed by atoms with Gasteiger partial charge in [-0.1, -0.05) is 0 Å². The fourth-order valence-corrected chi connectivity index (χ4v) is 1.49. The van der Waals surface area contributed by atoms with E-state index in [-0.39, 0.29) is 5.91 Å². The van der Waals surface area contributed by atoms with Crippen LogP contribution < -0.4 is 16.0 Å². The summed E-state index contributed by atoms with van der Waals surface area (Å²) in [6.07, 6.45) is 0. The molecule has 18 heavy (non-hydrogen) atoms. The molecule has 1 aromatic carbocycles. The molecule has 0 radical (unpaired) electrons. The maximum Gasteiger partial charge on any atom is 0.273 e. The number of nitrogens with one attached hydrogen (secondary N) is 2. The molecule has 2 rings (SSSR count). The Kier molecular flexibility index (Phi) is 3.18. The average molecular weight is 245 g/mol. The lowest BCUT2D eigenvalue weighted by Crippen LogP contribution is -2.13. The number of H-pyrrole nitrogens is 1. The van der Waals surface area contributed by atoms with Crippen LogP contribution in [-0.4, -0.2) is 30.2 Å². The first-order chi connectivity index (χ1) is 8.56. The average Bonchev–Trinajstić information content (AvgIpc) is 2.76. The minimum Gasteiger partial charge on any atom is -0.382 e. The number of nitrogen functional groups attached to an aromatic ring is 1. The maximum absolute atomic E-state index is 11.8. The molecule has 0 atom stereocenters. The molecule has 4 N–H and O–H groups in total. The predicted octanol–water partition coefficient (Wildman–Crippen LogP) is 1.31. The fraction of sp³-hybridized carbons (Fsp3) is 0.167. The van der Waals surface area contributed by atoms with Gasteiger partial charge >= 0.3 is 0 Å². The van der Waals surface area contributed by atoms with Gasteiger partial charge in [0.2, 0.25) is 0 Å². The second-order valence-electron chi connectivity index (χ2n) is 4.10. The number of nitrogens with two attached hydrogens (primary N) is 1. The van der Waals surface area contributed by atoms with Crippen molar-refractivity contribution in [3.05, 3.63) is 36.0 Å². The zero-order valence-electron chi connectivity index (χ0n) is 10.3. The van der Waals surface area contributed by atoms with Crippen LogP contribution >= 0.6 is 0 Å². The zero-order valence-corrected chi connectivity index (χ0v) is 10.3. The van der Waals surface area contributed by atoms with Gasteiger partial charge in [-0.2, -0.15) is 5.10 Å². The first-order valence-electron chi connectivity index (χ1n) is 5.46. The molecule has 0 aliphatic heterocycles. The molecule has 1 aromatic heterocycles. The summed E-state index contributed by atoms with van der Waals surface area (Å²) in [4.78, 5) is 13.8. The van der Waals surface area contributed by atoms with Crippen molar-refractivity contribution in [2.24, 2.45) is 0 Å². The Labute approximate surface area is 105 Å². The highest BCUT2D eigenvalue weighted by molar-refractivity contribution is 6.03. The van der Waals surface area contributed by atoms with E-state index < -0.39 is 0 Å². The number of aromatic amines is 1. The number of benzene rings is 1. The van der Waals surface area contributed by atoms with E-state index >= 15 is 0 Å². The molecule has 0 spiro atoms. The van der Waals surface area contributed by atoms with E-state index in [2.05, 4.69) is 15.5 Å². The van der Waals surface area contributed by atoms with E-state index in [4.69, 9.17) is 5.73 Å². The highest BCUT2D eigenvalue weighted by atomic mass is 16.1. The summed E-state index contributed by atoms with van der Waals surface area (Å²) in [6.45, 7) is 0. The Morgan fingerprint density at radius 1 is 1.33 bits per heavy atom. The fourth-order valence-electron chi connectivity index (χ4n) is 1.49. The summed E-state index contributed by atoms with van der Waals surface area (Å²) in [7, 11) is 3.92. The number of rotatable bonds is 3. The third-order valence-electron chi connectivity index (χ3n) is 2.48. The molecule has 0 saturated carbocycles. The molecular weight excluding hydrogens is 230 g/mol. The molecule has 0 bridgehead atoms. The number of nitrogens with zero attached hydrogens (tertiary/aromatic N) is 2. The van der Waals surface area contributed by atoms with Gasteiger partial charge in [0.1, 0.15) is 11.5 Å². The van der Waals surface area contributed by atoms with Gasteiger partial charge in [-0.25, -0.2) is 0 Å². The summed E-state index contributed by atoms with van der Waals surface area (Å²) in [5, 5.41) is 9.02. The van der Waals surface area contributed by atoms with E-state index in [0.29, 0.717) is 11.5 Å².